The fourth-order valence-electron chi connectivity index (χ4n) is 1.95. The zero-order valence-corrected chi connectivity index (χ0v) is 11.0. The van der Waals surface area contributed by atoms with Crippen LogP contribution >= 0.6 is 0 Å². The minimum atomic E-state index is -0.129. The van der Waals surface area contributed by atoms with Crippen molar-refractivity contribution in [3.8, 4) is 11.5 Å². The van der Waals surface area contributed by atoms with E-state index in [1.807, 2.05) is 26.0 Å². The molecule has 2 rings (SSSR count). The van der Waals surface area contributed by atoms with Crippen LogP contribution < -0.4 is 15.0 Å². The number of methoxy groups -OCH3 is 2. The first kappa shape index (κ1) is 12.5. The molecule has 1 aromatic heterocycles. The predicted molar refractivity (Wildman–Crippen MR) is 71.8 cm³/mol. The summed E-state index contributed by atoms with van der Waals surface area (Å²) in [4.78, 5) is 15.0. The Labute approximate surface area is 106 Å². The average molecular weight is 247 g/mol. The predicted octanol–water partition coefficient (Wildman–Crippen LogP) is 2.67. The van der Waals surface area contributed by atoms with Gasteiger partial charge in [0, 0.05) is 11.8 Å². The van der Waals surface area contributed by atoms with Crippen LogP contribution in [0.4, 0.5) is 0 Å². The molecule has 0 aliphatic rings. The van der Waals surface area contributed by atoms with Gasteiger partial charge in [-0.15, -0.1) is 0 Å². The highest BCUT2D eigenvalue weighted by atomic mass is 16.5. The highest BCUT2D eigenvalue weighted by Crippen LogP contribution is 2.29. The van der Waals surface area contributed by atoms with Crippen molar-refractivity contribution in [1.82, 2.24) is 4.98 Å². The third-order valence-corrected chi connectivity index (χ3v) is 2.98. The number of aromatic nitrogens is 1. The molecule has 0 radical (unpaired) electrons. The second kappa shape index (κ2) is 4.72. The summed E-state index contributed by atoms with van der Waals surface area (Å²) in [6.07, 6.45) is 0. The maximum Gasteiger partial charge on any atom is 0.259 e. The van der Waals surface area contributed by atoms with Gasteiger partial charge in [0.15, 0.2) is 0 Å². The van der Waals surface area contributed by atoms with Crippen LogP contribution in [0.1, 0.15) is 25.5 Å². The largest absolute Gasteiger partial charge is 0.497 e. The molecule has 0 aliphatic heterocycles. The Balaban J connectivity index is 2.82. The molecular formula is C14H17NO3. The van der Waals surface area contributed by atoms with Crippen LogP contribution in [0.25, 0.3) is 10.8 Å². The fourth-order valence-corrected chi connectivity index (χ4v) is 1.95. The van der Waals surface area contributed by atoms with Crippen molar-refractivity contribution in [2.24, 2.45) is 0 Å². The highest BCUT2D eigenvalue weighted by molar-refractivity contribution is 5.89. The van der Waals surface area contributed by atoms with Crippen molar-refractivity contribution in [3.05, 3.63) is 34.2 Å². The van der Waals surface area contributed by atoms with Crippen LogP contribution in [-0.2, 0) is 0 Å². The molecule has 0 saturated heterocycles. The molecule has 1 aromatic carbocycles. The monoisotopic (exact) mass is 247 g/mol. The third-order valence-electron chi connectivity index (χ3n) is 2.98. The van der Waals surface area contributed by atoms with Gasteiger partial charge in [0.2, 0.25) is 0 Å². The zero-order chi connectivity index (χ0) is 13.3. The smallest absolute Gasteiger partial charge is 0.259 e. The second-order valence-electron chi connectivity index (χ2n) is 4.50. The fraction of sp³-hybridized carbons (Fsp3) is 0.357. The first-order valence-corrected chi connectivity index (χ1v) is 5.85. The molecule has 0 amide bonds. The number of hydrogen-bond donors (Lipinski definition) is 1. The van der Waals surface area contributed by atoms with Gasteiger partial charge in [-0.05, 0) is 23.4 Å². The van der Waals surface area contributed by atoms with E-state index >= 15 is 0 Å². The summed E-state index contributed by atoms with van der Waals surface area (Å²) in [5.41, 5.74) is 0.776. The number of aromatic amines is 1. The average Bonchev–Trinajstić information content (AvgIpc) is 2.36. The molecule has 0 bridgehead atoms. The summed E-state index contributed by atoms with van der Waals surface area (Å²) in [6.45, 7) is 4.07. The topological polar surface area (TPSA) is 51.3 Å². The molecule has 0 atom stereocenters. The van der Waals surface area contributed by atoms with Crippen LogP contribution in [0.5, 0.6) is 11.5 Å². The van der Waals surface area contributed by atoms with Crippen molar-refractivity contribution < 1.29 is 9.47 Å². The molecule has 4 nitrogen and oxygen atoms in total. The molecule has 4 heteroatoms. The number of nitrogens with one attached hydrogen (secondary N) is 1. The lowest BCUT2D eigenvalue weighted by molar-refractivity contribution is 0.397. The molecule has 2 aromatic rings. The summed E-state index contributed by atoms with van der Waals surface area (Å²) in [5.74, 6) is 1.47. The Morgan fingerprint density at radius 1 is 1.11 bits per heavy atom. The molecule has 0 unspecified atom stereocenters. The first-order chi connectivity index (χ1) is 8.56. The van der Waals surface area contributed by atoms with Gasteiger partial charge in [-0.3, -0.25) is 4.79 Å². The van der Waals surface area contributed by atoms with Gasteiger partial charge in [-0.25, -0.2) is 0 Å². The van der Waals surface area contributed by atoms with Gasteiger partial charge in [0.25, 0.3) is 5.56 Å². The first-order valence-electron chi connectivity index (χ1n) is 5.85. The lowest BCUT2D eigenvalue weighted by Crippen LogP contribution is -2.11. The third kappa shape index (κ3) is 2.06. The van der Waals surface area contributed by atoms with E-state index in [1.165, 1.54) is 0 Å². The minimum Gasteiger partial charge on any atom is -0.497 e. The maximum atomic E-state index is 12.1. The van der Waals surface area contributed by atoms with Crippen LogP contribution in [-0.4, -0.2) is 19.2 Å². The van der Waals surface area contributed by atoms with Gasteiger partial charge in [-0.1, -0.05) is 13.8 Å². The second-order valence-corrected chi connectivity index (χ2v) is 4.50. The van der Waals surface area contributed by atoms with Gasteiger partial charge in [-0.2, -0.15) is 0 Å². The summed E-state index contributed by atoms with van der Waals surface area (Å²) >= 11 is 0. The van der Waals surface area contributed by atoms with E-state index in [0.29, 0.717) is 16.9 Å². The number of pyridine rings is 1. The van der Waals surface area contributed by atoms with Crippen molar-refractivity contribution in [1.29, 1.82) is 0 Å². The van der Waals surface area contributed by atoms with E-state index in [2.05, 4.69) is 4.98 Å². The summed E-state index contributed by atoms with van der Waals surface area (Å²) in [5, 5.41) is 1.39. The van der Waals surface area contributed by atoms with Crippen LogP contribution in [0.3, 0.4) is 0 Å². The molecular weight excluding hydrogens is 230 g/mol. The lowest BCUT2D eigenvalue weighted by atomic mass is 10.1. The van der Waals surface area contributed by atoms with Crippen molar-refractivity contribution in [2.45, 2.75) is 19.8 Å². The molecule has 18 heavy (non-hydrogen) atoms. The Hall–Kier alpha value is -1.97. The summed E-state index contributed by atoms with van der Waals surface area (Å²) in [6, 6.07) is 5.53. The van der Waals surface area contributed by atoms with Gasteiger partial charge in [0.05, 0.1) is 19.6 Å². The SMILES string of the molecule is COc1cc(OC)c2c(=O)[nH]c(C(C)C)cc2c1. The van der Waals surface area contributed by atoms with Crippen molar-refractivity contribution in [3.63, 3.8) is 0 Å². The normalized spacial score (nSPS) is 10.9. The molecule has 0 spiro atoms. The Kier molecular flexibility index (Phi) is 3.28. The molecule has 1 N–H and O–H groups in total. The molecule has 1 heterocycles. The number of hydrogen-bond acceptors (Lipinski definition) is 3. The number of benzene rings is 1. The number of H-pyrrole nitrogens is 1. The van der Waals surface area contributed by atoms with E-state index < -0.39 is 0 Å². The summed E-state index contributed by atoms with van der Waals surface area (Å²) in [7, 11) is 3.14. The van der Waals surface area contributed by atoms with Gasteiger partial charge < -0.3 is 14.5 Å². The van der Waals surface area contributed by atoms with Crippen molar-refractivity contribution >= 4 is 10.8 Å². The number of rotatable bonds is 3. The van der Waals surface area contributed by atoms with E-state index in [4.69, 9.17) is 9.47 Å². The molecule has 0 fully saturated rings. The van der Waals surface area contributed by atoms with E-state index in [-0.39, 0.29) is 11.5 Å². The quantitative estimate of drug-likeness (QED) is 0.907. The minimum absolute atomic E-state index is 0.129. The van der Waals surface area contributed by atoms with E-state index in [9.17, 15) is 4.79 Å². The zero-order valence-electron chi connectivity index (χ0n) is 11.0. The van der Waals surface area contributed by atoms with E-state index in [0.717, 1.165) is 11.1 Å². The van der Waals surface area contributed by atoms with Crippen LogP contribution in [0.15, 0.2) is 23.0 Å². The van der Waals surface area contributed by atoms with Crippen LogP contribution in [0, 0.1) is 0 Å². The molecule has 0 aliphatic carbocycles. The Morgan fingerprint density at radius 3 is 2.39 bits per heavy atom. The number of fused-ring (bicyclic) bond motifs is 1. The molecule has 0 saturated carbocycles. The van der Waals surface area contributed by atoms with Crippen LogP contribution in [0.2, 0.25) is 0 Å². The summed E-state index contributed by atoms with van der Waals surface area (Å²) < 4.78 is 10.5. The lowest BCUT2D eigenvalue weighted by Gasteiger charge is -2.11. The Bertz CT molecular complexity index is 629. The standard InChI is InChI=1S/C14H17NO3/c1-8(2)11-6-9-5-10(17-3)7-12(18-4)13(9)14(16)15-11/h5-8H,1-4H3,(H,15,16). The van der Waals surface area contributed by atoms with E-state index in [1.54, 1.807) is 20.3 Å². The Morgan fingerprint density at radius 2 is 1.83 bits per heavy atom. The van der Waals surface area contributed by atoms with Gasteiger partial charge in [0.1, 0.15) is 11.5 Å². The highest BCUT2D eigenvalue weighted by Gasteiger charge is 2.11. The van der Waals surface area contributed by atoms with Gasteiger partial charge >= 0.3 is 0 Å². The van der Waals surface area contributed by atoms with Crippen molar-refractivity contribution in [2.75, 3.05) is 14.2 Å². The number of ether oxygens (including phenoxy) is 2. The molecule has 96 valence electrons. The maximum absolute atomic E-state index is 12.1.